The second kappa shape index (κ2) is 9.57. The van der Waals surface area contributed by atoms with Gasteiger partial charge >= 0.3 is 12.1 Å². The fourth-order valence-corrected chi connectivity index (χ4v) is 6.92. The number of thioether (sulfide) groups is 1. The van der Waals surface area contributed by atoms with Crippen molar-refractivity contribution in [3.05, 3.63) is 59.7 Å². The molecule has 1 saturated carbocycles. The van der Waals surface area contributed by atoms with E-state index in [2.05, 4.69) is 29.6 Å². The molecular formula is C27H30N2O5S. The van der Waals surface area contributed by atoms with Crippen molar-refractivity contribution in [2.45, 2.75) is 50.6 Å². The molecule has 0 bridgehead atoms. The molecule has 1 saturated heterocycles. The SMILES string of the molecule is CC1(C(=O)N2CSC[C@H]2C(=O)O)CCCCC1NC(=O)OCC1c2ccccc2-c2ccccc21. The number of carboxylic acid groups (broad SMARTS) is 1. The third-order valence-corrected chi connectivity index (χ3v) is 8.77. The minimum atomic E-state index is -0.983. The Labute approximate surface area is 209 Å². The maximum atomic E-state index is 13.5. The molecule has 2 aromatic carbocycles. The van der Waals surface area contributed by atoms with Gasteiger partial charge in [-0.1, -0.05) is 61.4 Å². The lowest BCUT2D eigenvalue weighted by Crippen LogP contribution is -2.58. The van der Waals surface area contributed by atoms with E-state index in [-0.39, 0.29) is 18.4 Å². The minimum Gasteiger partial charge on any atom is -0.480 e. The Hall–Kier alpha value is -3.00. The van der Waals surface area contributed by atoms with Gasteiger partial charge in [-0.2, -0.15) is 0 Å². The molecule has 7 nitrogen and oxygen atoms in total. The number of hydrogen-bond donors (Lipinski definition) is 2. The van der Waals surface area contributed by atoms with Gasteiger partial charge in [0.15, 0.2) is 0 Å². The molecule has 2 fully saturated rings. The van der Waals surface area contributed by atoms with E-state index in [0.29, 0.717) is 24.5 Å². The molecule has 1 aliphatic heterocycles. The highest BCUT2D eigenvalue weighted by molar-refractivity contribution is 7.99. The molecule has 8 heteroatoms. The van der Waals surface area contributed by atoms with Crippen molar-refractivity contribution in [3.63, 3.8) is 0 Å². The number of carboxylic acids is 1. The first-order chi connectivity index (χ1) is 16.9. The highest BCUT2D eigenvalue weighted by Gasteiger charge is 2.49. The summed E-state index contributed by atoms with van der Waals surface area (Å²) in [6, 6.07) is 15.1. The molecule has 184 valence electrons. The second-order valence-corrected chi connectivity index (χ2v) is 10.8. The Morgan fingerprint density at radius 1 is 1.09 bits per heavy atom. The van der Waals surface area contributed by atoms with E-state index in [9.17, 15) is 19.5 Å². The predicted octanol–water partition coefficient (Wildman–Crippen LogP) is 4.46. The molecule has 2 aliphatic carbocycles. The zero-order valence-corrected chi connectivity index (χ0v) is 20.6. The number of nitrogens with zero attached hydrogens (tertiary/aromatic N) is 1. The van der Waals surface area contributed by atoms with Gasteiger partial charge in [-0.05, 0) is 42.0 Å². The summed E-state index contributed by atoms with van der Waals surface area (Å²) in [6.07, 6.45) is 2.49. The van der Waals surface area contributed by atoms with Gasteiger partial charge in [-0.3, -0.25) is 4.79 Å². The van der Waals surface area contributed by atoms with Crippen molar-refractivity contribution >= 4 is 29.7 Å². The number of benzene rings is 2. The largest absolute Gasteiger partial charge is 0.480 e. The Bertz CT molecular complexity index is 1110. The summed E-state index contributed by atoms with van der Waals surface area (Å²) in [7, 11) is 0. The van der Waals surface area contributed by atoms with E-state index in [4.69, 9.17) is 4.74 Å². The van der Waals surface area contributed by atoms with Crippen LogP contribution in [0.1, 0.15) is 49.7 Å². The van der Waals surface area contributed by atoms with Gasteiger partial charge in [0.2, 0.25) is 5.91 Å². The summed E-state index contributed by atoms with van der Waals surface area (Å²) in [5, 5.41) is 12.5. The van der Waals surface area contributed by atoms with Crippen LogP contribution in [-0.2, 0) is 14.3 Å². The summed E-state index contributed by atoms with van der Waals surface area (Å²) < 4.78 is 5.73. The van der Waals surface area contributed by atoms with Crippen molar-refractivity contribution < 1.29 is 24.2 Å². The summed E-state index contributed by atoms with van der Waals surface area (Å²) in [4.78, 5) is 39.6. The van der Waals surface area contributed by atoms with E-state index in [1.165, 1.54) is 27.8 Å². The fraction of sp³-hybridized carbons (Fsp3) is 0.444. The molecule has 35 heavy (non-hydrogen) atoms. The van der Waals surface area contributed by atoms with Crippen LogP contribution < -0.4 is 5.32 Å². The third kappa shape index (κ3) is 4.29. The van der Waals surface area contributed by atoms with Gasteiger partial charge in [-0.25, -0.2) is 9.59 Å². The first-order valence-corrected chi connectivity index (χ1v) is 13.3. The molecule has 0 spiro atoms. The van der Waals surface area contributed by atoms with Crippen molar-refractivity contribution in [2.75, 3.05) is 18.2 Å². The quantitative estimate of drug-likeness (QED) is 0.637. The maximum Gasteiger partial charge on any atom is 0.407 e. The zero-order chi connectivity index (χ0) is 24.6. The maximum absolute atomic E-state index is 13.5. The normalized spacial score (nSPS) is 25.6. The van der Waals surface area contributed by atoms with Crippen LogP contribution in [0.4, 0.5) is 4.79 Å². The van der Waals surface area contributed by atoms with Crippen molar-refractivity contribution in [1.82, 2.24) is 10.2 Å². The molecule has 0 aromatic heterocycles. The number of hydrogen-bond acceptors (Lipinski definition) is 5. The highest BCUT2D eigenvalue weighted by atomic mass is 32.2. The second-order valence-electron chi connectivity index (χ2n) is 9.81. The lowest BCUT2D eigenvalue weighted by atomic mass is 9.70. The lowest BCUT2D eigenvalue weighted by molar-refractivity contribution is -0.154. The molecule has 5 rings (SSSR count). The number of ether oxygens (including phenoxy) is 1. The van der Waals surface area contributed by atoms with Crippen LogP contribution in [0.5, 0.6) is 0 Å². The van der Waals surface area contributed by atoms with Gasteiger partial charge in [0.05, 0.1) is 11.3 Å². The van der Waals surface area contributed by atoms with Crippen molar-refractivity contribution in [2.24, 2.45) is 5.41 Å². The lowest BCUT2D eigenvalue weighted by Gasteiger charge is -2.42. The number of amides is 2. The van der Waals surface area contributed by atoms with Crippen LogP contribution in [0, 0.1) is 5.41 Å². The minimum absolute atomic E-state index is 0.0366. The summed E-state index contributed by atoms with van der Waals surface area (Å²) in [6.45, 7) is 2.06. The van der Waals surface area contributed by atoms with Crippen molar-refractivity contribution in [3.8, 4) is 11.1 Å². The molecule has 1 heterocycles. The van der Waals surface area contributed by atoms with Crippen LogP contribution in [-0.4, -0.2) is 58.3 Å². The van der Waals surface area contributed by atoms with E-state index in [1.807, 2.05) is 31.2 Å². The molecule has 0 radical (unpaired) electrons. The number of fused-ring (bicyclic) bond motifs is 3. The Morgan fingerprint density at radius 3 is 2.40 bits per heavy atom. The molecule has 3 atom stereocenters. The zero-order valence-electron chi connectivity index (χ0n) is 19.7. The van der Waals surface area contributed by atoms with Crippen LogP contribution in [0.2, 0.25) is 0 Å². The molecule has 2 amide bonds. The van der Waals surface area contributed by atoms with Crippen molar-refractivity contribution in [1.29, 1.82) is 0 Å². The van der Waals surface area contributed by atoms with E-state index in [1.54, 1.807) is 0 Å². The molecule has 2 N–H and O–H groups in total. The summed E-state index contributed by atoms with van der Waals surface area (Å²) in [5.41, 5.74) is 3.76. The number of nitrogens with one attached hydrogen (secondary N) is 1. The van der Waals surface area contributed by atoms with Crippen LogP contribution in [0.3, 0.4) is 0 Å². The summed E-state index contributed by atoms with van der Waals surface area (Å²) >= 11 is 1.45. The Balaban J connectivity index is 1.28. The molecule has 2 aromatic rings. The average molecular weight is 495 g/mol. The summed E-state index contributed by atoms with van der Waals surface area (Å²) in [5.74, 6) is -0.460. The number of aliphatic carboxylic acids is 1. The van der Waals surface area contributed by atoms with E-state index >= 15 is 0 Å². The van der Waals surface area contributed by atoms with Crippen LogP contribution >= 0.6 is 11.8 Å². The monoisotopic (exact) mass is 494 g/mol. The smallest absolute Gasteiger partial charge is 0.407 e. The number of alkyl carbamates (subject to hydrolysis) is 1. The van der Waals surface area contributed by atoms with Gasteiger partial charge in [0.1, 0.15) is 12.6 Å². The topological polar surface area (TPSA) is 95.9 Å². The molecular weight excluding hydrogens is 464 g/mol. The average Bonchev–Trinajstić information content (AvgIpc) is 3.47. The van der Waals surface area contributed by atoms with Gasteiger partial charge < -0.3 is 20.1 Å². The Kier molecular flexibility index (Phi) is 6.49. The van der Waals surface area contributed by atoms with Crippen LogP contribution in [0.15, 0.2) is 48.5 Å². The number of carbonyl (C=O) groups excluding carboxylic acids is 2. The van der Waals surface area contributed by atoms with Crippen LogP contribution in [0.25, 0.3) is 11.1 Å². The van der Waals surface area contributed by atoms with Gasteiger partial charge in [0, 0.05) is 17.7 Å². The highest BCUT2D eigenvalue weighted by Crippen LogP contribution is 2.45. The first kappa shape index (κ1) is 23.7. The first-order valence-electron chi connectivity index (χ1n) is 12.1. The third-order valence-electron chi connectivity index (χ3n) is 7.76. The predicted molar refractivity (Wildman–Crippen MR) is 134 cm³/mol. The van der Waals surface area contributed by atoms with E-state index < -0.39 is 29.6 Å². The number of rotatable bonds is 5. The van der Waals surface area contributed by atoms with Gasteiger partial charge in [0.25, 0.3) is 0 Å². The molecule has 3 aliphatic rings. The number of carbonyl (C=O) groups is 3. The van der Waals surface area contributed by atoms with E-state index in [0.717, 1.165) is 24.0 Å². The molecule has 2 unspecified atom stereocenters. The standard InChI is InChI=1S/C27H30N2O5S/c1-27(25(32)29-16-35-15-22(29)24(30)31)13-7-6-12-23(27)28-26(33)34-14-21-19-10-4-2-8-17(19)18-9-3-5-11-20(18)21/h2-5,8-11,21-23H,6-7,12-16H2,1H3,(H,28,33)(H,30,31)/t22-,23?,27?/m0/s1. The van der Waals surface area contributed by atoms with Gasteiger partial charge in [-0.15, -0.1) is 11.8 Å². The Morgan fingerprint density at radius 2 is 1.74 bits per heavy atom. The fourth-order valence-electron chi connectivity index (χ4n) is 5.78.